The Hall–Kier alpha value is -1.86. The quantitative estimate of drug-likeness (QED) is 0.823. The number of nitrogens with zero attached hydrogens (tertiary/aromatic N) is 1. The van der Waals surface area contributed by atoms with E-state index in [-0.39, 0.29) is 5.91 Å². The van der Waals surface area contributed by atoms with E-state index < -0.39 is 0 Å². The van der Waals surface area contributed by atoms with Crippen molar-refractivity contribution in [1.82, 2.24) is 5.32 Å². The highest BCUT2D eigenvalue weighted by atomic mass is 16.5. The largest absolute Gasteiger partial charge is 0.381 e. The fourth-order valence-electron chi connectivity index (χ4n) is 2.28. The van der Waals surface area contributed by atoms with Crippen molar-refractivity contribution in [2.24, 2.45) is 5.92 Å². The molecule has 1 aromatic rings. The number of benzene rings is 1. The summed E-state index contributed by atoms with van der Waals surface area (Å²) in [6, 6.07) is 8.90. The Morgan fingerprint density at radius 2 is 2.32 bits per heavy atom. The minimum atomic E-state index is -0.167. The molecule has 1 heterocycles. The zero-order chi connectivity index (χ0) is 13.5. The van der Waals surface area contributed by atoms with Gasteiger partial charge in [0.2, 0.25) is 0 Å². The normalized spacial score (nSPS) is 17.9. The second-order valence-electron chi connectivity index (χ2n) is 4.79. The molecule has 100 valence electrons. The molecule has 1 aliphatic heterocycles. The van der Waals surface area contributed by atoms with Crippen molar-refractivity contribution in [1.29, 1.82) is 5.26 Å². The van der Waals surface area contributed by atoms with Gasteiger partial charge in [-0.1, -0.05) is 12.1 Å². The number of carbonyl (C=O) groups is 1. The fraction of sp³-hybridized carbons (Fsp3) is 0.467. The van der Waals surface area contributed by atoms with Gasteiger partial charge in [-0.3, -0.25) is 4.79 Å². The molecular weight excluding hydrogens is 240 g/mol. The molecule has 0 aromatic heterocycles. The summed E-state index contributed by atoms with van der Waals surface area (Å²) in [6.45, 7) is 2.37. The van der Waals surface area contributed by atoms with Crippen molar-refractivity contribution < 1.29 is 9.53 Å². The van der Waals surface area contributed by atoms with Gasteiger partial charge < -0.3 is 10.1 Å². The zero-order valence-corrected chi connectivity index (χ0v) is 10.9. The molecule has 2 rings (SSSR count). The van der Waals surface area contributed by atoms with E-state index in [0.717, 1.165) is 32.5 Å². The summed E-state index contributed by atoms with van der Waals surface area (Å²) in [6.07, 6.45) is 3.17. The summed E-state index contributed by atoms with van der Waals surface area (Å²) in [5.74, 6) is 0.475. The summed E-state index contributed by atoms with van der Waals surface area (Å²) in [7, 11) is 0. The first-order valence-electron chi connectivity index (χ1n) is 6.66. The predicted octanol–water partition coefficient (Wildman–Crippen LogP) is 2.10. The maximum absolute atomic E-state index is 11.9. The van der Waals surface area contributed by atoms with E-state index in [1.54, 1.807) is 24.3 Å². The number of nitrogens with one attached hydrogen (secondary N) is 1. The number of rotatable bonds is 5. The van der Waals surface area contributed by atoms with Crippen LogP contribution < -0.4 is 5.32 Å². The Bertz CT molecular complexity index is 473. The van der Waals surface area contributed by atoms with Crippen LogP contribution in [0, 0.1) is 17.2 Å². The van der Waals surface area contributed by atoms with Crippen LogP contribution in [0.15, 0.2) is 24.3 Å². The van der Waals surface area contributed by atoms with Crippen LogP contribution in [0.1, 0.15) is 35.2 Å². The average molecular weight is 258 g/mol. The second-order valence-corrected chi connectivity index (χ2v) is 4.79. The minimum absolute atomic E-state index is 0.167. The Balaban J connectivity index is 1.76. The van der Waals surface area contributed by atoms with E-state index in [4.69, 9.17) is 10.00 Å². The van der Waals surface area contributed by atoms with Gasteiger partial charge in [0.05, 0.1) is 17.2 Å². The molecule has 0 radical (unpaired) electrons. The zero-order valence-electron chi connectivity index (χ0n) is 10.9. The molecule has 1 N–H and O–H groups in total. The molecule has 19 heavy (non-hydrogen) atoms. The van der Waals surface area contributed by atoms with E-state index >= 15 is 0 Å². The van der Waals surface area contributed by atoms with Crippen LogP contribution in [0.3, 0.4) is 0 Å². The fourth-order valence-corrected chi connectivity index (χ4v) is 2.28. The molecule has 1 saturated heterocycles. The van der Waals surface area contributed by atoms with Gasteiger partial charge in [0.25, 0.3) is 5.91 Å². The SMILES string of the molecule is N#Cc1ccccc1C(=O)NCCC[C@H]1CCOC1. The lowest BCUT2D eigenvalue weighted by Gasteiger charge is -2.09. The Kier molecular flexibility index (Phi) is 4.93. The number of amides is 1. The number of ether oxygens (including phenoxy) is 1. The topological polar surface area (TPSA) is 62.1 Å². The van der Waals surface area contributed by atoms with E-state index in [1.807, 2.05) is 6.07 Å². The van der Waals surface area contributed by atoms with Gasteiger partial charge in [-0.05, 0) is 37.3 Å². The number of hydrogen-bond acceptors (Lipinski definition) is 3. The van der Waals surface area contributed by atoms with Gasteiger partial charge in [-0.25, -0.2) is 0 Å². The van der Waals surface area contributed by atoms with Gasteiger partial charge in [0, 0.05) is 19.8 Å². The molecule has 4 heteroatoms. The summed E-state index contributed by atoms with van der Waals surface area (Å²) in [5, 5.41) is 11.8. The number of nitriles is 1. The lowest BCUT2D eigenvalue weighted by atomic mass is 10.0. The van der Waals surface area contributed by atoms with E-state index in [2.05, 4.69) is 5.32 Å². The summed E-state index contributed by atoms with van der Waals surface area (Å²) < 4.78 is 5.31. The Morgan fingerprint density at radius 1 is 1.47 bits per heavy atom. The molecule has 1 amide bonds. The van der Waals surface area contributed by atoms with Crippen LogP contribution in [0.25, 0.3) is 0 Å². The highest BCUT2D eigenvalue weighted by molar-refractivity contribution is 5.96. The molecule has 1 aliphatic rings. The maximum atomic E-state index is 11.9. The lowest BCUT2D eigenvalue weighted by Crippen LogP contribution is -2.25. The van der Waals surface area contributed by atoms with E-state index in [1.165, 1.54) is 0 Å². The van der Waals surface area contributed by atoms with Gasteiger partial charge in [-0.15, -0.1) is 0 Å². The Labute approximate surface area is 113 Å². The van der Waals surface area contributed by atoms with Gasteiger partial charge in [0.15, 0.2) is 0 Å². The van der Waals surface area contributed by atoms with Crippen molar-refractivity contribution in [2.45, 2.75) is 19.3 Å². The third-order valence-electron chi connectivity index (χ3n) is 3.39. The number of hydrogen-bond donors (Lipinski definition) is 1. The monoisotopic (exact) mass is 258 g/mol. The first kappa shape index (κ1) is 13.6. The van der Waals surface area contributed by atoms with Crippen LogP contribution in [0.5, 0.6) is 0 Å². The van der Waals surface area contributed by atoms with Crippen molar-refractivity contribution in [3.05, 3.63) is 35.4 Å². The average Bonchev–Trinajstić information content (AvgIpc) is 2.96. The summed E-state index contributed by atoms with van der Waals surface area (Å²) >= 11 is 0. The smallest absolute Gasteiger partial charge is 0.252 e. The molecule has 0 unspecified atom stereocenters. The van der Waals surface area contributed by atoms with Crippen LogP contribution in [-0.2, 0) is 4.74 Å². The molecule has 0 spiro atoms. The molecule has 0 bridgehead atoms. The standard InChI is InChI=1S/C15H18N2O2/c16-10-13-5-1-2-6-14(13)15(18)17-8-3-4-12-7-9-19-11-12/h1-2,5-6,12H,3-4,7-9,11H2,(H,17,18)/t12-/m0/s1. The van der Waals surface area contributed by atoms with Crippen molar-refractivity contribution in [3.63, 3.8) is 0 Å². The van der Waals surface area contributed by atoms with Crippen LogP contribution in [-0.4, -0.2) is 25.7 Å². The van der Waals surface area contributed by atoms with Crippen molar-refractivity contribution in [2.75, 3.05) is 19.8 Å². The predicted molar refractivity (Wildman–Crippen MR) is 71.7 cm³/mol. The van der Waals surface area contributed by atoms with Gasteiger partial charge >= 0.3 is 0 Å². The van der Waals surface area contributed by atoms with Crippen LogP contribution >= 0.6 is 0 Å². The first-order valence-corrected chi connectivity index (χ1v) is 6.66. The van der Waals surface area contributed by atoms with E-state index in [9.17, 15) is 4.79 Å². The molecule has 1 fully saturated rings. The van der Waals surface area contributed by atoms with Crippen LogP contribution in [0.4, 0.5) is 0 Å². The van der Waals surface area contributed by atoms with Crippen molar-refractivity contribution >= 4 is 5.91 Å². The van der Waals surface area contributed by atoms with Crippen LogP contribution in [0.2, 0.25) is 0 Å². The van der Waals surface area contributed by atoms with Gasteiger partial charge in [-0.2, -0.15) is 5.26 Å². The number of carbonyl (C=O) groups excluding carboxylic acids is 1. The highest BCUT2D eigenvalue weighted by Crippen LogP contribution is 2.17. The summed E-state index contributed by atoms with van der Waals surface area (Å²) in [4.78, 5) is 11.9. The van der Waals surface area contributed by atoms with Gasteiger partial charge in [0.1, 0.15) is 0 Å². The highest BCUT2D eigenvalue weighted by Gasteiger charge is 2.15. The summed E-state index contributed by atoms with van der Waals surface area (Å²) in [5.41, 5.74) is 0.874. The molecule has 1 atom stereocenters. The Morgan fingerprint density at radius 3 is 3.05 bits per heavy atom. The molecule has 4 nitrogen and oxygen atoms in total. The first-order chi connectivity index (χ1) is 9.31. The third kappa shape index (κ3) is 3.80. The molecule has 0 saturated carbocycles. The molecule has 1 aromatic carbocycles. The lowest BCUT2D eigenvalue weighted by molar-refractivity contribution is 0.0952. The minimum Gasteiger partial charge on any atom is -0.381 e. The molecule has 0 aliphatic carbocycles. The second kappa shape index (κ2) is 6.91. The molecular formula is C15H18N2O2. The van der Waals surface area contributed by atoms with Crippen molar-refractivity contribution in [3.8, 4) is 6.07 Å². The third-order valence-corrected chi connectivity index (χ3v) is 3.39. The van der Waals surface area contributed by atoms with E-state index in [0.29, 0.717) is 23.6 Å². The maximum Gasteiger partial charge on any atom is 0.252 e.